The highest BCUT2D eigenvalue weighted by atomic mass is 35.7. The molecule has 6 heteroatoms. The quantitative estimate of drug-likeness (QED) is 0.548. The molecule has 0 saturated carbocycles. The van der Waals surface area contributed by atoms with Crippen LogP contribution >= 0.6 is 10.7 Å². The van der Waals surface area contributed by atoms with Crippen molar-refractivity contribution in [3.05, 3.63) is 25.0 Å². The van der Waals surface area contributed by atoms with Crippen molar-refractivity contribution >= 4 is 19.7 Å². The third-order valence-electron chi connectivity index (χ3n) is 1.21. The van der Waals surface area contributed by atoms with Crippen molar-refractivity contribution in [3.63, 3.8) is 0 Å². The lowest BCUT2D eigenvalue weighted by Crippen LogP contribution is -1.94. The van der Waals surface area contributed by atoms with Gasteiger partial charge in [0.2, 0.25) is 0 Å². The summed E-state index contributed by atoms with van der Waals surface area (Å²) in [6.45, 7) is 3.95. The molecule has 0 radical (unpaired) electrons. The van der Waals surface area contributed by atoms with Crippen molar-refractivity contribution in [2.45, 2.75) is 11.4 Å². The molecule has 0 aromatic carbocycles. The van der Waals surface area contributed by atoms with Crippen LogP contribution in [0.5, 0.6) is 0 Å². The molecule has 0 N–H and O–H groups in total. The predicted octanol–water partition coefficient (Wildman–Crippen LogP) is 0.997. The van der Waals surface area contributed by atoms with E-state index in [-0.39, 0.29) is 4.90 Å². The first-order chi connectivity index (χ1) is 5.54. The van der Waals surface area contributed by atoms with Gasteiger partial charge in [0.15, 0.2) is 0 Å². The lowest BCUT2D eigenvalue weighted by Gasteiger charge is -1.91. The predicted molar refractivity (Wildman–Crippen MR) is 45.5 cm³/mol. The van der Waals surface area contributed by atoms with Gasteiger partial charge in [-0.25, -0.2) is 8.42 Å². The van der Waals surface area contributed by atoms with Crippen LogP contribution in [0.4, 0.5) is 0 Å². The minimum absolute atomic E-state index is 0.00557. The molecule has 0 spiro atoms. The Bertz CT molecular complexity index is 382. The second-order valence-corrected chi connectivity index (χ2v) is 4.69. The van der Waals surface area contributed by atoms with Gasteiger partial charge in [-0.15, -0.1) is 6.58 Å². The van der Waals surface area contributed by atoms with Gasteiger partial charge in [0, 0.05) is 16.9 Å². The van der Waals surface area contributed by atoms with Crippen LogP contribution in [0.15, 0.2) is 29.9 Å². The second-order valence-electron chi connectivity index (χ2n) is 2.12. The molecule has 66 valence electrons. The summed E-state index contributed by atoms with van der Waals surface area (Å²) in [5.41, 5.74) is 0. The van der Waals surface area contributed by atoms with Gasteiger partial charge in [-0.3, -0.25) is 4.68 Å². The molecule has 1 rings (SSSR count). The summed E-state index contributed by atoms with van der Waals surface area (Å²) in [7, 11) is 1.42. The Hall–Kier alpha value is -0.810. The zero-order chi connectivity index (χ0) is 9.19. The molecule has 12 heavy (non-hydrogen) atoms. The van der Waals surface area contributed by atoms with Crippen LogP contribution in [-0.4, -0.2) is 18.2 Å². The van der Waals surface area contributed by atoms with E-state index in [4.69, 9.17) is 10.7 Å². The maximum Gasteiger partial charge on any atom is 0.264 e. The zero-order valence-corrected chi connectivity index (χ0v) is 7.72. The third-order valence-corrected chi connectivity index (χ3v) is 2.52. The van der Waals surface area contributed by atoms with Gasteiger partial charge in [-0.05, 0) is 0 Å². The highest BCUT2D eigenvalue weighted by Crippen LogP contribution is 2.12. The summed E-state index contributed by atoms with van der Waals surface area (Å²) in [5, 5.41) is 3.75. The first-order valence-electron chi connectivity index (χ1n) is 3.12. The average Bonchev–Trinajstić information content (AvgIpc) is 2.35. The van der Waals surface area contributed by atoms with E-state index in [1.807, 2.05) is 0 Å². The first-order valence-corrected chi connectivity index (χ1v) is 5.43. The van der Waals surface area contributed by atoms with Crippen molar-refractivity contribution in [2.24, 2.45) is 0 Å². The van der Waals surface area contributed by atoms with Crippen molar-refractivity contribution in [3.8, 4) is 0 Å². The Morgan fingerprint density at radius 1 is 1.75 bits per heavy atom. The minimum Gasteiger partial charge on any atom is -0.268 e. The van der Waals surface area contributed by atoms with Crippen LogP contribution in [0.1, 0.15) is 0 Å². The molecule has 0 fully saturated rings. The molecular formula is C6H7ClN2O2S. The topological polar surface area (TPSA) is 52.0 Å². The summed E-state index contributed by atoms with van der Waals surface area (Å²) in [6, 6.07) is 0. The molecule has 0 saturated heterocycles. The highest BCUT2D eigenvalue weighted by Gasteiger charge is 2.11. The van der Waals surface area contributed by atoms with Crippen molar-refractivity contribution in [2.75, 3.05) is 0 Å². The van der Waals surface area contributed by atoms with Crippen LogP contribution in [-0.2, 0) is 15.6 Å². The molecule has 1 heterocycles. The van der Waals surface area contributed by atoms with E-state index in [9.17, 15) is 8.42 Å². The fraction of sp³-hybridized carbons (Fsp3) is 0.167. The van der Waals surface area contributed by atoms with Crippen molar-refractivity contribution in [1.82, 2.24) is 9.78 Å². The van der Waals surface area contributed by atoms with E-state index in [2.05, 4.69) is 11.7 Å². The van der Waals surface area contributed by atoms with E-state index in [0.29, 0.717) is 6.54 Å². The monoisotopic (exact) mass is 206 g/mol. The van der Waals surface area contributed by atoms with E-state index >= 15 is 0 Å². The minimum atomic E-state index is -3.65. The van der Waals surface area contributed by atoms with Gasteiger partial charge >= 0.3 is 0 Å². The van der Waals surface area contributed by atoms with Gasteiger partial charge in [0.05, 0.1) is 12.7 Å². The van der Waals surface area contributed by atoms with E-state index < -0.39 is 9.05 Å². The lowest BCUT2D eigenvalue weighted by atomic mass is 10.6. The van der Waals surface area contributed by atoms with Gasteiger partial charge in [-0.2, -0.15) is 5.10 Å². The molecule has 0 aliphatic carbocycles. The largest absolute Gasteiger partial charge is 0.268 e. The number of aromatic nitrogens is 2. The van der Waals surface area contributed by atoms with Gasteiger partial charge in [0.25, 0.3) is 9.05 Å². The Kier molecular flexibility index (Phi) is 2.54. The molecule has 4 nitrogen and oxygen atoms in total. The molecule has 1 aromatic rings. The van der Waals surface area contributed by atoms with Crippen LogP contribution in [0, 0.1) is 0 Å². The molecule has 0 atom stereocenters. The average molecular weight is 207 g/mol. The standard InChI is InChI=1S/C6H7ClN2O2S/c1-2-3-9-5-6(4-8-9)12(7,10)11/h2,4-5H,1,3H2. The number of allylic oxidation sites excluding steroid dienone is 1. The summed E-state index contributed by atoms with van der Waals surface area (Å²) in [4.78, 5) is 0.00557. The van der Waals surface area contributed by atoms with Crippen molar-refractivity contribution in [1.29, 1.82) is 0 Å². The molecule has 0 bridgehead atoms. The van der Waals surface area contributed by atoms with Crippen LogP contribution in [0.2, 0.25) is 0 Å². The molecule has 1 aromatic heterocycles. The van der Waals surface area contributed by atoms with Crippen LogP contribution in [0.3, 0.4) is 0 Å². The fourth-order valence-electron chi connectivity index (χ4n) is 0.703. The lowest BCUT2D eigenvalue weighted by molar-refractivity contribution is 0.609. The normalized spacial score (nSPS) is 11.4. The van der Waals surface area contributed by atoms with E-state index in [1.54, 1.807) is 6.08 Å². The Morgan fingerprint density at radius 3 is 2.83 bits per heavy atom. The molecule has 0 aliphatic heterocycles. The smallest absolute Gasteiger partial charge is 0.264 e. The van der Waals surface area contributed by atoms with Crippen molar-refractivity contribution < 1.29 is 8.42 Å². The number of rotatable bonds is 3. The SMILES string of the molecule is C=CCn1cc(S(=O)(=O)Cl)cn1. The highest BCUT2D eigenvalue weighted by molar-refractivity contribution is 8.13. The number of halogens is 1. The van der Waals surface area contributed by atoms with Gasteiger partial charge < -0.3 is 0 Å². The first kappa shape index (κ1) is 9.28. The van der Waals surface area contributed by atoms with E-state index in [1.165, 1.54) is 17.1 Å². The summed E-state index contributed by atoms with van der Waals surface area (Å²) < 4.78 is 22.9. The van der Waals surface area contributed by atoms with Crippen LogP contribution < -0.4 is 0 Å². The van der Waals surface area contributed by atoms with Gasteiger partial charge in [0.1, 0.15) is 4.90 Å². The second kappa shape index (κ2) is 3.28. The summed E-state index contributed by atoms with van der Waals surface area (Å²) >= 11 is 0. The molecule has 0 amide bonds. The number of hydrogen-bond donors (Lipinski definition) is 0. The van der Waals surface area contributed by atoms with Crippen LogP contribution in [0.25, 0.3) is 0 Å². The molecular weight excluding hydrogens is 200 g/mol. The maximum absolute atomic E-state index is 10.7. The number of nitrogens with zero attached hydrogens (tertiary/aromatic N) is 2. The van der Waals surface area contributed by atoms with Gasteiger partial charge in [-0.1, -0.05) is 6.08 Å². The van der Waals surface area contributed by atoms with E-state index in [0.717, 1.165) is 0 Å². The zero-order valence-electron chi connectivity index (χ0n) is 6.14. The Morgan fingerprint density at radius 2 is 2.42 bits per heavy atom. The maximum atomic E-state index is 10.7. The summed E-state index contributed by atoms with van der Waals surface area (Å²) in [6.07, 6.45) is 4.16. The Labute approximate surface area is 74.9 Å². The molecule has 0 aliphatic rings. The third kappa shape index (κ3) is 2.09. The number of hydrogen-bond acceptors (Lipinski definition) is 3. The Balaban J connectivity index is 2.99. The fourth-order valence-corrected chi connectivity index (χ4v) is 1.36. The molecule has 0 unspecified atom stereocenters. The summed E-state index contributed by atoms with van der Waals surface area (Å²) in [5.74, 6) is 0.